The van der Waals surface area contributed by atoms with E-state index in [2.05, 4.69) is 15.6 Å². The van der Waals surface area contributed by atoms with Crippen LogP contribution in [0.15, 0.2) is 65.3 Å². The number of anilines is 2. The standard InChI is InChI=1S/C23H19N3O5/c1-28-16-5-3-15(4-6-16)25-22-17-8-9-29-20(17)11-18(26-22)23(27)24-12-14-2-7-19-21(10-14)31-13-30-19/h2-11H,12-13H2,1H3,(H,24,27)(H,25,26). The predicted octanol–water partition coefficient (Wildman–Crippen LogP) is 4.24. The van der Waals surface area contributed by atoms with Crippen LogP contribution in [0.2, 0.25) is 0 Å². The first-order valence-electron chi connectivity index (χ1n) is 9.66. The van der Waals surface area contributed by atoms with Crippen LogP contribution in [0, 0.1) is 0 Å². The molecule has 0 fully saturated rings. The van der Waals surface area contributed by atoms with Gasteiger partial charge in [0.15, 0.2) is 11.5 Å². The first-order valence-corrected chi connectivity index (χ1v) is 9.66. The summed E-state index contributed by atoms with van der Waals surface area (Å²) in [6, 6.07) is 16.4. The van der Waals surface area contributed by atoms with Crippen molar-refractivity contribution in [1.29, 1.82) is 0 Å². The number of hydrogen-bond donors (Lipinski definition) is 2. The van der Waals surface area contributed by atoms with E-state index >= 15 is 0 Å². The second kappa shape index (κ2) is 7.91. The summed E-state index contributed by atoms with van der Waals surface area (Å²) in [7, 11) is 1.62. The zero-order valence-electron chi connectivity index (χ0n) is 16.7. The molecule has 8 nitrogen and oxygen atoms in total. The molecule has 1 aliphatic heterocycles. The van der Waals surface area contributed by atoms with Crippen molar-refractivity contribution in [2.24, 2.45) is 0 Å². The van der Waals surface area contributed by atoms with Crippen LogP contribution in [0.5, 0.6) is 17.2 Å². The average Bonchev–Trinajstić information content (AvgIpc) is 3.47. The van der Waals surface area contributed by atoms with E-state index in [1.165, 1.54) is 0 Å². The molecule has 0 aliphatic carbocycles. The zero-order valence-corrected chi connectivity index (χ0v) is 16.7. The molecule has 5 rings (SSSR count). The van der Waals surface area contributed by atoms with E-state index in [1.54, 1.807) is 19.4 Å². The molecule has 0 radical (unpaired) electrons. The topological polar surface area (TPSA) is 94.9 Å². The van der Waals surface area contributed by atoms with Gasteiger partial charge in [0.05, 0.1) is 18.8 Å². The number of aromatic nitrogens is 1. The summed E-state index contributed by atoms with van der Waals surface area (Å²) in [5.74, 6) is 2.35. The number of pyridine rings is 1. The van der Waals surface area contributed by atoms with Crippen molar-refractivity contribution in [2.45, 2.75) is 6.54 Å². The molecule has 31 heavy (non-hydrogen) atoms. The monoisotopic (exact) mass is 417 g/mol. The number of amides is 1. The fourth-order valence-corrected chi connectivity index (χ4v) is 3.31. The Labute approximate surface area is 177 Å². The smallest absolute Gasteiger partial charge is 0.270 e. The molecule has 1 aliphatic rings. The van der Waals surface area contributed by atoms with Gasteiger partial charge < -0.3 is 29.3 Å². The predicted molar refractivity (Wildman–Crippen MR) is 114 cm³/mol. The molecule has 2 aromatic carbocycles. The lowest BCUT2D eigenvalue weighted by atomic mass is 10.2. The molecular weight excluding hydrogens is 398 g/mol. The first-order chi connectivity index (χ1) is 15.2. The van der Waals surface area contributed by atoms with Crippen LogP contribution in [0.25, 0.3) is 11.0 Å². The van der Waals surface area contributed by atoms with Crippen molar-refractivity contribution in [3.8, 4) is 17.2 Å². The van der Waals surface area contributed by atoms with Gasteiger partial charge in [-0.3, -0.25) is 4.79 Å². The van der Waals surface area contributed by atoms with Gasteiger partial charge in [-0.2, -0.15) is 0 Å². The van der Waals surface area contributed by atoms with Crippen molar-refractivity contribution in [3.63, 3.8) is 0 Å². The number of nitrogens with one attached hydrogen (secondary N) is 2. The third kappa shape index (κ3) is 3.83. The Morgan fingerprint density at radius 1 is 1.06 bits per heavy atom. The molecule has 0 unspecified atom stereocenters. The molecule has 0 spiro atoms. The van der Waals surface area contributed by atoms with E-state index in [4.69, 9.17) is 18.6 Å². The number of hydrogen-bond acceptors (Lipinski definition) is 7. The molecule has 0 bridgehead atoms. The number of furan rings is 1. The number of ether oxygens (including phenoxy) is 3. The minimum atomic E-state index is -0.311. The maximum absolute atomic E-state index is 12.8. The first kappa shape index (κ1) is 18.8. The summed E-state index contributed by atoms with van der Waals surface area (Å²) in [5.41, 5.74) is 2.53. The minimum absolute atomic E-state index is 0.211. The van der Waals surface area contributed by atoms with Crippen LogP contribution in [-0.2, 0) is 6.54 Å². The Kier molecular flexibility index (Phi) is 4.80. The zero-order chi connectivity index (χ0) is 21.2. The summed E-state index contributed by atoms with van der Waals surface area (Å²) in [6.45, 7) is 0.538. The molecule has 4 aromatic rings. The quantitative estimate of drug-likeness (QED) is 0.485. The SMILES string of the molecule is COc1ccc(Nc2nc(C(=O)NCc3ccc4c(c3)OCO4)cc3occc23)cc1. The highest BCUT2D eigenvalue weighted by molar-refractivity contribution is 5.99. The second-order valence-corrected chi connectivity index (χ2v) is 6.91. The third-order valence-corrected chi connectivity index (χ3v) is 4.93. The average molecular weight is 417 g/mol. The number of nitrogens with zero attached hydrogens (tertiary/aromatic N) is 1. The van der Waals surface area contributed by atoms with Gasteiger partial charge in [-0.05, 0) is 48.0 Å². The molecule has 0 saturated heterocycles. The maximum Gasteiger partial charge on any atom is 0.270 e. The van der Waals surface area contributed by atoms with Gasteiger partial charge in [-0.25, -0.2) is 4.98 Å². The molecule has 1 amide bonds. The van der Waals surface area contributed by atoms with Crippen LogP contribution >= 0.6 is 0 Å². The summed E-state index contributed by atoms with van der Waals surface area (Å²) in [4.78, 5) is 17.3. The number of carbonyl (C=O) groups is 1. The van der Waals surface area contributed by atoms with Gasteiger partial charge in [-0.15, -0.1) is 0 Å². The van der Waals surface area contributed by atoms with Gasteiger partial charge in [0, 0.05) is 18.3 Å². The number of benzene rings is 2. The lowest BCUT2D eigenvalue weighted by Gasteiger charge is -2.10. The van der Waals surface area contributed by atoms with Crippen LogP contribution in [0.4, 0.5) is 11.5 Å². The van der Waals surface area contributed by atoms with Gasteiger partial charge in [-0.1, -0.05) is 6.07 Å². The molecule has 8 heteroatoms. The fraction of sp³-hybridized carbons (Fsp3) is 0.130. The Morgan fingerprint density at radius 2 is 1.90 bits per heavy atom. The van der Waals surface area contributed by atoms with Crippen LogP contribution in [0.3, 0.4) is 0 Å². The van der Waals surface area contributed by atoms with Crippen molar-refractivity contribution >= 4 is 28.4 Å². The number of rotatable bonds is 6. The molecule has 3 heterocycles. The van der Waals surface area contributed by atoms with Gasteiger partial charge in [0.25, 0.3) is 5.91 Å². The Hall–Kier alpha value is -4.20. The van der Waals surface area contributed by atoms with E-state index in [-0.39, 0.29) is 18.4 Å². The molecule has 156 valence electrons. The number of carbonyl (C=O) groups excluding carboxylic acids is 1. The summed E-state index contributed by atoms with van der Waals surface area (Å²) < 4.78 is 21.4. The second-order valence-electron chi connectivity index (χ2n) is 6.91. The molecular formula is C23H19N3O5. The van der Waals surface area contributed by atoms with Crippen molar-refractivity contribution in [2.75, 3.05) is 19.2 Å². The highest BCUT2D eigenvalue weighted by Crippen LogP contribution is 2.32. The van der Waals surface area contributed by atoms with Crippen LogP contribution < -0.4 is 24.8 Å². The number of methoxy groups -OCH3 is 1. The normalized spacial score (nSPS) is 12.0. The van der Waals surface area contributed by atoms with Crippen molar-refractivity contribution in [1.82, 2.24) is 10.3 Å². The van der Waals surface area contributed by atoms with Crippen LogP contribution in [0.1, 0.15) is 16.1 Å². The Balaban J connectivity index is 1.35. The number of fused-ring (bicyclic) bond motifs is 2. The third-order valence-electron chi connectivity index (χ3n) is 4.93. The van der Waals surface area contributed by atoms with Gasteiger partial charge in [0.1, 0.15) is 22.8 Å². The highest BCUT2D eigenvalue weighted by atomic mass is 16.7. The maximum atomic E-state index is 12.8. The van der Waals surface area contributed by atoms with Gasteiger partial charge in [0.2, 0.25) is 6.79 Å². The van der Waals surface area contributed by atoms with E-state index in [9.17, 15) is 4.79 Å². The summed E-state index contributed by atoms with van der Waals surface area (Å²) >= 11 is 0. The lowest BCUT2D eigenvalue weighted by Crippen LogP contribution is -2.24. The molecule has 0 saturated carbocycles. The highest BCUT2D eigenvalue weighted by Gasteiger charge is 2.16. The van der Waals surface area contributed by atoms with E-state index in [1.807, 2.05) is 48.5 Å². The van der Waals surface area contributed by atoms with E-state index in [0.717, 1.165) is 22.4 Å². The van der Waals surface area contributed by atoms with Gasteiger partial charge >= 0.3 is 0 Å². The molecule has 2 N–H and O–H groups in total. The van der Waals surface area contributed by atoms with E-state index in [0.29, 0.717) is 29.4 Å². The van der Waals surface area contributed by atoms with Crippen molar-refractivity contribution in [3.05, 3.63) is 72.1 Å². The largest absolute Gasteiger partial charge is 0.497 e. The van der Waals surface area contributed by atoms with Crippen LogP contribution in [-0.4, -0.2) is 24.8 Å². The van der Waals surface area contributed by atoms with Crippen molar-refractivity contribution < 1.29 is 23.4 Å². The lowest BCUT2D eigenvalue weighted by molar-refractivity contribution is 0.0946. The summed E-state index contributed by atoms with van der Waals surface area (Å²) in [5, 5.41) is 6.91. The Bertz CT molecular complexity index is 1250. The molecule has 2 aromatic heterocycles. The molecule has 0 atom stereocenters. The minimum Gasteiger partial charge on any atom is -0.497 e. The van der Waals surface area contributed by atoms with E-state index < -0.39 is 0 Å². The fourth-order valence-electron chi connectivity index (χ4n) is 3.31. The summed E-state index contributed by atoms with van der Waals surface area (Å²) in [6.07, 6.45) is 1.57. The Morgan fingerprint density at radius 3 is 2.74 bits per heavy atom.